The van der Waals surface area contributed by atoms with Gasteiger partial charge >= 0.3 is 0 Å². The van der Waals surface area contributed by atoms with Gasteiger partial charge in [0.1, 0.15) is 0 Å². The second-order valence-corrected chi connectivity index (χ2v) is 5.44. The van der Waals surface area contributed by atoms with Crippen molar-refractivity contribution in [3.63, 3.8) is 0 Å². The van der Waals surface area contributed by atoms with Crippen LogP contribution >= 0.6 is 0 Å². The van der Waals surface area contributed by atoms with Crippen molar-refractivity contribution in [1.82, 2.24) is 10.2 Å². The fourth-order valence-corrected chi connectivity index (χ4v) is 2.51. The average Bonchev–Trinajstić information content (AvgIpc) is 2.50. The van der Waals surface area contributed by atoms with E-state index in [-0.39, 0.29) is 5.91 Å². The second-order valence-electron chi connectivity index (χ2n) is 5.44. The third kappa shape index (κ3) is 4.87. The molecule has 1 aromatic rings. The lowest BCUT2D eigenvalue weighted by Crippen LogP contribution is -2.46. The van der Waals surface area contributed by atoms with Gasteiger partial charge in [0.15, 0.2) is 0 Å². The first kappa shape index (κ1) is 17.2. The molecule has 0 heterocycles. The summed E-state index contributed by atoms with van der Waals surface area (Å²) in [5, 5.41) is 11.9. The van der Waals surface area contributed by atoms with E-state index < -0.39 is 0 Å². The summed E-state index contributed by atoms with van der Waals surface area (Å²) in [6.07, 6.45) is 0. The van der Waals surface area contributed by atoms with Crippen LogP contribution in [-0.2, 0) is 0 Å². The van der Waals surface area contributed by atoms with E-state index >= 15 is 0 Å². The van der Waals surface area contributed by atoms with Crippen molar-refractivity contribution in [3.8, 4) is 6.07 Å². The average molecular weight is 287 g/mol. The molecule has 1 atom stereocenters. The molecule has 4 heteroatoms. The molecule has 0 radical (unpaired) electrons. The fraction of sp³-hybridized carbons (Fsp3) is 0.529. The van der Waals surface area contributed by atoms with E-state index in [9.17, 15) is 4.79 Å². The Bertz CT molecular complexity index is 501. The molecule has 0 aliphatic carbocycles. The maximum absolute atomic E-state index is 12.2. The van der Waals surface area contributed by atoms with E-state index in [1.807, 2.05) is 0 Å². The van der Waals surface area contributed by atoms with Crippen molar-refractivity contribution < 1.29 is 4.79 Å². The standard InChI is InChI=1S/C17H25N3O/c1-5-20(6-2)16(13(3)4)12-19-17(21)15-9-7-8-14(10-15)11-18/h7-10,13,16H,5-6,12H2,1-4H3,(H,19,21). The molecule has 1 rings (SSSR count). The molecular weight excluding hydrogens is 262 g/mol. The number of benzene rings is 1. The summed E-state index contributed by atoms with van der Waals surface area (Å²) in [6.45, 7) is 11.2. The number of hydrogen-bond donors (Lipinski definition) is 1. The molecule has 0 fully saturated rings. The minimum atomic E-state index is -0.120. The van der Waals surface area contributed by atoms with Crippen LogP contribution in [0, 0.1) is 17.2 Å². The van der Waals surface area contributed by atoms with E-state index in [0.29, 0.717) is 29.6 Å². The van der Waals surface area contributed by atoms with E-state index in [0.717, 1.165) is 13.1 Å². The summed E-state index contributed by atoms with van der Waals surface area (Å²) in [7, 11) is 0. The molecule has 114 valence electrons. The number of rotatable bonds is 7. The number of carbonyl (C=O) groups is 1. The molecular formula is C17H25N3O. The normalized spacial score (nSPS) is 12.2. The van der Waals surface area contributed by atoms with Gasteiger partial charge in [-0.3, -0.25) is 9.69 Å². The van der Waals surface area contributed by atoms with Crippen LogP contribution in [0.3, 0.4) is 0 Å². The zero-order valence-corrected chi connectivity index (χ0v) is 13.4. The predicted molar refractivity (Wildman–Crippen MR) is 85.0 cm³/mol. The maximum Gasteiger partial charge on any atom is 0.251 e. The molecule has 1 N–H and O–H groups in total. The van der Waals surface area contributed by atoms with E-state index in [1.165, 1.54) is 0 Å². The highest BCUT2D eigenvalue weighted by Crippen LogP contribution is 2.10. The fourth-order valence-electron chi connectivity index (χ4n) is 2.51. The highest BCUT2D eigenvalue weighted by molar-refractivity contribution is 5.94. The van der Waals surface area contributed by atoms with Crippen LogP contribution < -0.4 is 5.32 Å². The van der Waals surface area contributed by atoms with Gasteiger partial charge in [-0.05, 0) is 37.2 Å². The highest BCUT2D eigenvalue weighted by Gasteiger charge is 2.20. The van der Waals surface area contributed by atoms with Crippen molar-refractivity contribution in [2.75, 3.05) is 19.6 Å². The number of hydrogen-bond acceptors (Lipinski definition) is 3. The van der Waals surface area contributed by atoms with Crippen molar-refractivity contribution >= 4 is 5.91 Å². The van der Waals surface area contributed by atoms with Gasteiger partial charge in [0, 0.05) is 18.2 Å². The first-order valence-electron chi connectivity index (χ1n) is 7.55. The quantitative estimate of drug-likeness (QED) is 0.839. The molecule has 1 amide bonds. The molecule has 0 saturated heterocycles. The van der Waals surface area contributed by atoms with Crippen LogP contribution in [0.25, 0.3) is 0 Å². The first-order chi connectivity index (χ1) is 10.0. The van der Waals surface area contributed by atoms with Gasteiger partial charge in [-0.15, -0.1) is 0 Å². The Morgan fingerprint density at radius 1 is 1.33 bits per heavy atom. The number of likely N-dealkylation sites (N-methyl/N-ethyl adjacent to an activating group) is 1. The van der Waals surface area contributed by atoms with Gasteiger partial charge < -0.3 is 5.32 Å². The lowest BCUT2D eigenvalue weighted by Gasteiger charge is -2.32. The van der Waals surface area contributed by atoms with Gasteiger partial charge in [0.05, 0.1) is 11.6 Å². The van der Waals surface area contributed by atoms with Gasteiger partial charge in [-0.25, -0.2) is 0 Å². The molecule has 0 aliphatic heterocycles. The first-order valence-corrected chi connectivity index (χ1v) is 7.55. The van der Waals surface area contributed by atoms with Gasteiger partial charge in [0.2, 0.25) is 0 Å². The van der Waals surface area contributed by atoms with Crippen LogP contribution in [0.5, 0.6) is 0 Å². The Morgan fingerprint density at radius 3 is 2.52 bits per heavy atom. The van der Waals surface area contributed by atoms with E-state index in [4.69, 9.17) is 5.26 Å². The highest BCUT2D eigenvalue weighted by atomic mass is 16.1. The van der Waals surface area contributed by atoms with E-state index in [2.05, 4.69) is 44.0 Å². The molecule has 0 bridgehead atoms. The topological polar surface area (TPSA) is 56.1 Å². The molecule has 0 aliphatic rings. The summed E-state index contributed by atoms with van der Waals surface area (Å²) in [4.78, 5) is 14.6. The number of carbonyl (C=O) groups excluding carboxylic acids is 1. The van der Waals surface area contributed by atoms with Crippen molar-refractivity contribution in [2.24, 2.45) is 5.92 Å². The molecule has 1 unspecified atom stereocenters. The SMILES string of the molecule is CCN(CC)C(CNC(=O)c1cccc(C#N)c1)C(C)C. The van der Waals surface area contributed by atoms with Crippen LogP contribution in [-0.4, -0.2) is 36.5 Å². The Balaban J connectivity index is 2.71. The largest absolute Gasteiger partial charge is 0.350 e. The second kappa shape index (κ2) is 8.43. The number of amides is 1. The van der Waals surface area contributed by atoms with Crippen molar-refractivity contribution in [2.45, 2.75) is 33.7 Å². The monoisotopic (exact) mass is 287 g/mol. The van der Waals surface area contributed by atoms with Crippen LogP contribution in [0.15, 0.2) is 24.3 Å². The molecule has 21 heavy (non-hydrogen) atoms. The lowest BCUT2D eigenvalue weighted by atomic mass is 10.0. The molecule has 1 aromatic carbocycles. The molecule has 0 spiro atoms. The molecule has 4 nitrogen and oxygen atoms in total. The summed E-state index contributed by atoms with van der Waals surface area (Å²) < 4.78 is 0. The molecule has 0 aromatic heterocycles. The van der Waals surface area contributed by atoms with Crippen molar-refractivity contribution in [1.29, 1.82) is 5.26 Å². The smallest absolute Gasteiger partial charge is 0.251 e. The predicted octanol–water partition coefficient (Wildman–Crippen LogP) is 2.65. The van der Waals surface area contributed by atoms with Crippen molar-refractivity contribution in [3.05, 3.63) is 35.4 Å². The van der Waals surface area contributed by atoms with E-state index in [1.54, 1.807) is 24.3 Å². The summed E-state index contributed by atoms with van der Waals surface area (Å²) in [5.74, 6) is 0.348. The van der Waals surface area contributed by atoms with Gasteiger partial charge in [0.25, 0.3) is 5.91 Å². The maximum atomic E-state index is 12.2. The van der Waals surface area contributed by atoms with Crippen LogP contribution in [0.2, 0.25) is 0 Å². The zero-order chi connectivity index (χ0) is 15.8. The minimum Gasteiger partial charge on any atom is -0.350 e. The number of nitriles is 1. The van der Waals surface area contributed by atoms with Crippen LogP contribution in [0.1, 0.15) is 43.6 Å². The number of nitrogens with zero attached hydrogens (tertiary/aromatic N) is 2. The minimum absolute atomic E-state index is 0.120. The summed E-state index contributed by atoms with van der Waals surface area (Å²) in [6, 6.07) is 9.16. The molecule has 0 saturated carbocycles. The zero-order valence-electron chi connectivity index (χ0n) is 13.4. The lowest BCUT2D eigenvalue weighted by molar-refractivity contribution is 0.0921. The third-order valence-electron chi connectivity index (χ3n) is 3.78. The Kier molecular flexibility index (Phi) is 6.90. The Labute approximate surface area is 127 Å². The Hall–Kier alpha value is -1.86. The summed E-state index contributed by atoms with van der Waals surface area (Å²) in [5.41, 5.74) is 1.04. The third-order valence-corrected chi connectivity index (χ3v) is 3.78. The summed E-state index contributed by atoms with van der Waals surface area (Å²) >= 11 is 0. The van der Waals surface area contributed by atoms with Gasteiger partial charge in [-0.2, -0.15) is 5.26 Å². The van der Waals surface area contributed by atoms with Gasteiger partial charge in [-0.1, -0.05) is 33.8 Å². The Morgan fingerprint density at radius 2 is 2.00 bits per heavy atom. The van der Waals surface area contributed by atoms with Crippen LogP contribution in [0.4, 0.5) is 0 Å². The number of nitrogens with one attached hydrogen (secondary N) is 1.